The van der Waals surface area contributed by atoms with Crippen molar-refractivity contribution in [3.05, 3.63) is 0 Å². The normalized spacial score (nSPS) is 16.9. The molecule has 0 aromatic carbocycles. The van der Waals surface area contributed by atoms with Crippen molar-refractivity contribution in [3.8, 4) is 0 Å². The summed E-state index contributed by atoms with van der Waals surface area (Å²) in [4.78, 5) is 23.8. The lowest BCUT2D eigenvalue weighted by molar-refractivity contribution is -0.144. The number of carboxylic acid groups (broad SMARTS) is 1. The van der Waals surface area contributed by atoms with Crippen LogP contribution in [0.5, 0.6) is 0 Å². The predicted octanol–water partition coefficient (Wildman–Crippen LogP) is 0.437. The molecule has 3 N–H and O–H groups in total. The summed E-state index contributed by atoms with van der Waals surface area (Å²) in [6.07, 6.45) is 3.23. The maximum absolute atomic E-state index is 11.8. The molecule has 0 saturated heterocycles. The molecule has 1 unspecified atom stereocenters. The van der Waals surface area contributed by atoms with Crippen LogP contribution < -0.4 is 5.73 Å². The van der Waals surface area contributed by atoms with Crippen molar-refractivity contribution in [1.82, 2.24) is 4.90 Å². The van der Waals surface area contributed by atoms with Gasteiger partial charge in [0.15, 0.2) is 0 Å². The summed E-state index contributed by atoms with van der Waals surface area (Å²) in [5, 5.41) is 8.69. The SMILES string of the molecule is CCCN(CC(=O)O)C(=O)CC(N)C1CC1. The van der Waals surface area contributed by atoms with E-state index in [9.17, 15) is 9.59 Å². The fraction of sp³-hybridized carbons (Fsp3) is 0.818. The highest BCUT2D eigenvalue weighted by Crippen LogP contribution is 2.32. The topological polar surface area (TPSA) is 83.6 Å². The minimum absolute atomic E-state index is 0.0966. The number of carbonyl (C=O) groups is 2. The van der Waals surface area contributed by atoms with E-state index in [1.807, 2.05) is 6.92 Å². The molecule has 0 spiro atoms. The zero-order valence-electron chi connectivity index (χ0n) is 9.69. The molecular weight excluding hydrogens is 208 g/mol. The maximum Gasteiger partial charge on any atom is 0.323 e. The van der Waals surface area contributed by atoms with Gasteiger partial charge in [-0.2, -0.15) is 0 Å². The van der Waals surface area contributed by atoms with Crippen molar-refractivity contribution in [2.75, 3.05) is 13.1 Å². The molecule has 0 bridgehead atoms. The Labute approximate surface area is 95.6 Å². The third kappa shape index (κ3) is 4.18. The van der Waals surface area contributed by atoms with Crippen LogP contribution in [0, 0.1) is 5.92 Å². The molecule has 0 radical (unpaired) electrons. The minimum atomic E-state index is -0.971. The smallest absolute Gasteiger partial charge is 0.323 e. The van der Waals surface area contributed by atoms with Gasteiger partial charge in [0.1, 0.15) is 6.54 Å². The van der Waals surface area contributed by atoms with Crippen molar-refractivity contribution in [3.63, 3.8) is 0 Å². The fourth-order valence-corrected chi connectivity index (χ4v) is 1.75. The molecule has 1 aliphatic rings. The molecule has 0 aromatic rings. The monoisotopic (exact) mass is 228 g/mol. The second kappa shape index (κ2) is 5.84. The average molecular weight is 228 g/mol. The molecule has 1 saturated carbocycles. The first kappa shape index (κ1) is 13.0. The lowest BCUT2D eigenvalue weighted by Crippen LogP contribution is -2.40. The van der Waals surface area contributed by atoms with Crippen LogP contribution in [-0.4, -0.2) is 41.0 Å². The number of nitrogens with two attached hydrogens (primary N) is 1. The standard InChI is InChI=1S/C11H20N2O3/c1-2-5-13(7-11(15)16)10(14)6-9(12)8-3-4-8/h8-9H,2-7,12H2,1H3,(H,15,16). The van der Waals surface area contributed by atoms with E-state index in [-0.39, 0.29) is 24.9 Å². The highest BCUT2D eigenvalue weighted by atomic mass is 16.4. The van der Waals surface area contributed by atoms with E-state index in [0.29, 0.717) is 12.5 Å². The molecule has 1 amide bonds. The number of hydrogen-bond acceptors (Lipinski definition) is 3. The zero-order valence-corrected chi connectivity index (χ0v) is 9.69. The molecule has 1 fully saturated rings. The van der Waals surface area contributed by atoms with Gasteiger partial charge in [-0.1, -0.05) is 6.92 Å². The number of hydrogen-bond donors (Lipinski definition) is 2. The summed E-state index contributed by atoms with van der Waals surface area (Å²) in [5.41, 5.74) is 5.85. The Morgan fingerprint density at radius 1 is 1.50 bits per heavy atom. The van der Waals surface area contributed by atoms with Crippen LogP contribution in [0.1, 0.15) is 32.6 Å². The Kier molecular flexibility index (Phi) is 4.73. The molecule has 1 atom stereocenters. The Bertz CT molecular complexity index is 264. The van der Waals surface area contributed by atoms with Gasteiger partial charge in [0.2, 0.25) is 5.91 Å². The molecule has 0 heterocycles. The van der Waals surface area contributed by atoms with Crippen LogP contribution in [0.2, 0.25) is 0 Å². The van der Waals surface area contributed by atoms with E-state index >= 15 is 0 Å². The lowest BCUT2D eigenvalue weighted by atomic mass is 10.1. The van der Waals surface area contributed by atoms with Crippen LogP contribution in [0.15, 0.2) is 0 Å². The Hall–Kier alpha value is -1.10. The van der Waals surface area contributed by atoms with Crippen LogP contribution in [0.25, 0.3) is 0 Å². The molecule has 0 aliphatic heterocycles. The highest BCUT2D eigenvalue weighted by molar-refractivity contribution is 5.81. The average Bonchev–Trinajstić information content (AvgIpc) is 2.99. The van der Waals surface area contributed by atoms with Gasteiger partial charge in [-0.15, -0.1) is 0 Å². The van der Waals surface area contributed by atoms with Gasteiger partial charge < -0.3 is 15.7 Å². The Morgan fingerprint density at radius 2 is 2.12 bits per heavy atom. The van der Waals surface area contributed by atoms with Crippen molar-refractivity contribution in [2.24, 2.45) is 11.7 Å². The van der Waals surface area contributed by atoms with Crippen molar-refractivity contribution in [2.45, 2.75) is 38.6 Å². The van der Waals surface area contributed by atoms with Gasteiger partial charge in [-0.25, -0.2) is 0 Å². The molecule has 1 aliphatic carbocycles. The molecule has 5 heteroatoms. The number of carbonyl (C=O) groups excluding carboxylic acids is 1. The minimum Gasteiger partial charge on any atom is -0.480 e. The van der Waals surface area contributed by atoms with Crippen molar-refractivity contribution in [1.29, 1.82) is 0 Å². The number of rotatable bonds is 7. The number of carboxylic acids is 1. The van der Waals surface area contributed by atoms with Gasteiger partial charge in [0, 0.05) is 19.0 Å². The van der Waals surface area contributed by atoms with E-state index < -0.39 is 5.97 Å². The maximum atomic E-state index is 11.8. The third-order valence-electron chi connectivity index (χ3n) is 2.81. The van der Waals surface area contributed by atoms with Crippen LogP contribution in [-0.2, 0) is 9.59 Å². The van der Waals surface area contributed by atoms with Crippen molar-refractivity contribution >= 4 is 11.9 Å². The summed E-state index contributed by atoms with van der Waals surface area (Å²) in [5.74, 6) is -0.636. The molecule has 5 nitrogen and oxygen atoms in total. The van der Waals surface area contributed by atoms with E-state index in [0.717, 1.165) is 19.3 Å². The second-order valence-electron chi connectivity index (χ2n) is 4.41. The molecule has 0 aromatic heterocycles. The van der Waals surface area contributed by atoms with Crippen molar-refractivity contribution < 1.29 is 14.7 Å². The van der Waals surface area contributed by atoms with Gasteiger partial charge in [-0.05, 0) is 25.2 Å². The molecular formula is C11H20N2O3. The first-order valence-electron chi connectivity index (χ1n) is 5.79. The number of nitrogens with zero attached hydrogens (tertiary/aromatic N) is 1. The van der Waals surface area contributed by atoms with Gasteiger partial charge in [-0.3, -0.25) is 9.59 Å². The highest BCUT2D eigenvalue weighted by Gasteiger charge is 2.31. The van der Waals surface area contributed by atoms with Gasteiger partial charge in [0.25, 0.3) is 0 Å². The van der Waals surface area contributed by atoms with E-state index in [2.05, 4.69) is 0 Å². The summed E-state index contributed by atoms with van der Waals surface area (Å²) in [6, 6.07) is -0.0966. The number of aliphatic carboxylic acids is 1. The quantitative estimate of drug-likeness (QED) is 0.662. The molecule has 92 valence electrons. The van der Waals surface area contributed by atoms with Crippen LogP contribution in [0.3, 0.4) is 0 Å². The zero-order chi connectivity index (χ0) is 12.1. The van der Waals surface area contributed by atoms with Gasteiger partial charge >= 0.3 is 5.97 Å². The fourth-order valence-electron chi connectivity index (χ4n) is 1.75. The largest absolute Gasteiger partial charge is 0.480 e. The summed E-state index contributed by atoms with van der Waals surface area (Å²) in [7, 11) is 0. The number of amides is 1. The molecule has 16 heavy (non-hydrogen) atoms. The van der Waals surface area contributed by atoms with Gasteiger partial charge in [0.05, 0.1) is 0 Å². The van der Waals surface area contributed by atoms with Crippen LogP contribution >= 0.6 is 0 Å². The predicted molar refractivity (Wildman–Crippen MR) is 59.8 cm³/mol. The molecule has 1 rings (SSSR count). The van der Waals surface area contributed by atoms with E-state index in [4.69, 9.17) is 10.8 Å². The van der Waals surface area contributed by atoms with Crippen LogP contribution in [0.4, 0.5) is 0 Å². The third-order valence-corrected chi connectivity index (χ3v) is 2.81. The lowest BCUT2D eigenvalue weighted by Gasteiger charge is -2.21. The summed E-state index contributed by atoms with van der Waals surface area (Å²) in [6.45, 7) is 2.19. The second-order valence-corrected chi connectivity index (χ2v) is 4.41. The Morgan fingerprint density at radius 3 is 2.56 bits per heavy atom. The first-order chi connectivity index (χ1) is 7.54. The van der Waals surface area contributed by atoms with E-state index in [1.54, 1.807) is 0 Å². The Balaban J connectivity index is 2.41. The first-order valence-corrected chi connectivity index (χ1v) is 5.79. The van der Waals surface area contributed by atoms with E-state index in [1.165, 1.54) is 4.90 Å². The summed E-state index contributed by atoms with van der Waals surface area (Å²) < 4.78 is 0. The summed E-state index contributed by atoms with van der Waals surface area (Å²) >= 11 is 0.